The molecule has 0 N–H and O–H groups in total. The van der Waals surface area contributed by atoms with Gasteiger partial charge in [0, 0.05) is 27.8 Å². The van der Waals surface area contributed by atoms with Crippen molar-refractivity contribution in [3.8, 4) is 84.9 Å². The Balaban J connectivity index is 1.07. The summed E-state index contributed by atoms with van der Waals surface area (Å²) in [5.41, 5.74) is 18.6. The lowest BCUT2D eigenvalue weighted by atomic mass is 9.65. The average Bonchev–Trinajstić information content (AvgIpc) is 3.59. The molecule has 0 fully saturated rings. The summed E-state index contributed by atoms with van der Waals surface area (Å²) in [6.07, 6.45) is 0. The zero-order chi connectivity index (χ0) is 40.4. The Labute approximate surface area is 349 Å². The van der Waals surface area contributed by atoms with Crippen LogP contribution in [-0.4, -0.2) is 9.97 Å². The first-order chi connectivity index (χ1) is 29.5. The number of ether oxygens (including phenoxy) is 1. The maximum absolute atomic E-state index is 9.44. The van der Waals surface area contributed by atoms with Crippen molar-refractivity contribution in [2.24, 2.45) is 0 Å². The van der Waals surface area contributed by atoms with Crippen LogP contribution >= 0.6 is 0 Å². The number of hydrogen-bond acceptors (Lipinski definition) is 4. The molecule has 1 unspecified atom stereocenters. The van der Waals surface area contributed by atoms with Gasteiger partial charge in [0.2, 0.25) is 0 Å². The van der Waals surface area contributed by atoms with E-state index in [-0.39, 0.29) is 0 Å². The Hall–Kier alpha value is -7.87. The van der Waals surface area contributed by atoms with E-state index in [9.17, 15) is 5.26 Å². The van der Waals surface area contributed by atoms with E-state index in [2.05, 4.69) is 178 Å². The van der Waals surface area contributed by atoms with E-state index in [1.807, 2.05) is 30.3 Å². The molecule has 9 aromatic rings. The second-order valence-corrected chi connectivity index (χ2v) is 15.8. The number of nitrogens with zero attached hydrogens (tertiary/aromatic N) is 3. The van der Waals surface area contributed by atoms with Gasteiger partial charge in [-0.3, -0.25) is 0 Å². The SMILES string of the molecule is Cc1ccc(-c2cc(-c3ccc(C)cc3)nc(-c3cccc(-c4ccc5c(c4)C4(c6ccccc6O5)c5ccccc5-c5cc(-c6ccc(C#N)cc6)ccc54)c3)n2)cc1. The van der Waals surface area contributed by atoms with Crippen LogP contribution in [0.5, 0.6) is 11.5 Å². The van der Waals surface area contributed by atoms with Crippen LogP contribution in [0.25, 0.3) is 67.3 Å². The molecule has 1 aliphatic carbocycles. The van der Waals surface area contributed by atoms with Gasteiger partial charge in [-0.15, -0.1) is 0 Å². The molecule has 282 valence electrons. The number of aryl methyl sites for hydroxylation is 2. The molecular weight excluding hydrogens is 731 g/mol. The zero-order valence-corrected chi connectivity index (χ0v) is 33.1. The third-order valence-electron chi connectivity index (χ3n) is 12.2. The lowest BCUT2D eigenvalue weighted by Gasteiger charge is -2.39. The lowest BCUT2D eigenvalue weighted by Crippen LogP contribution is -2.32. The van der Waals surface area contributed by atoms with Crippen LogP contribution in [0.4, 0.5) is 0 Å². The standard InChI is InChI=1S/C56H37N3O/c1-35-14-20-39(21-15-35)51-33-52(40-22-16-36(2)17-23-40)59-55(58-51)44-9-7-8-41(30-44)43-27-29-54-50(32-43)56(49-12-5-6-13-53(49)60-54)47-11-4-3-10-45(47)46-31-42(26-28-48(46)56)38-24-18-37(34-57)19-25-38/h3-33H,1-2H3. The summed E-state index contributed by atoms with van der Waals surface area (Å²) >= 11 is 0. The first kappa shape index (κ1) is 35.3. The maximum atomic E-state index is 9.44. The molecule has 0 amide bonds. The molecule has 11 rings (SSSR count). The van der Waals surface area contributed by atoms with Gasteiger partial charge in [0.15, 0.2) is 5.82 Å². The van der Waals surface area contributed by atoms with Crippen molar-refractivity contribution in [1.82, 2.24) is 9.97 Å². The number of nitriles is 1. The maximum Gasteiger partial charge on any atom is 0.160 e. The van der Waals surface area contributed by atoms with Crippen LogP contribution in [0.3, 0.4) is 0 Å². The van der Waals surface area contributed by atoms with Crippen molar-refractivity contribution in [1.29, 1.82) is 5.26 Å². The molecule has 0 bridgehead atoms. The van der Waals surface area contributed by atoms with E-state index in [0.29, 0.717) is 11.4 Å². The molecule has 60 heavy (non-hydrogen) atoms. The monoisotopic (exact) mass is 767 g/mol. The van der Waals surface area contributed by atoms with E-state index in [4.69, 9.17) is 14.7 Å². The van der Waals surface area contributed by atoms with Gasteiger partial charge in [0.1, 0.15) is 11.5 Å². The summed E-state index contributed by atoms with van der Waals surface area (Å²) in [5, 5.41) is 9.44. The zero-order valence-electron chi connectivity index (χ0n) is 33.1. The Kier molecular flexibility index (Phi) is 8.18. The van der Waals surface area contributed by atoms with E-state index in [1.54, 1.807) is 0 Å². The summed E-state index contributed by atoms with van der Waals surface area (Å²) in [6, 6.07) is 68.5. The highest BCUT2D eigenvalue weighted by Gasteiger charge is 2.51. The first-order valence-corrected chi connectivity index (χ1v) is 20.3. The van der Waals surface area contributed by atoms with E-state index >= 15 is 0 Å². The smallest absolute Gasteiger partial charge is 0.160 e. The molecule has 2 heterocycles. The summed E-state index contributed by atoms with van der Waals surface area (Å²) in [7, 11) is 0. The van der Waals surface area contributed by atoms with Gasteiger partial charge >= 0.3 is 0 Å². The van der Waals surface area contributed by atoms with Crippen molar-refractivity contribution in [3.63, 3.8) is 0 Å². The third kappa shape index (κ3) is 5.67. The second kappa shape index (κ2) is 13.9. The minimum Gasteiger partial charge on any atom is -0.457 e. The topological polar surface area (TPSA) is 58.8 Å². The predicted molar refractivity (Wildman–Crippen MR) is 241 cm³/mol. The average molecular weight is 768 g/mol. The Morgan fingerprint density at radius 1 is 0.417 bits per heavy atom. The van der Waals surface area contributed by atoms with E-state index in [1.165, 1.54) is 33.4 Å². The highest BCUT2D eigenvalue weighted by Crippen LogP contribution is 2.62. The van der Waals surface area contributed by atoms with E-state index in [0.717, 1.165) is 73.0 Å². The fourth-order valence-electron chi connectivity index (χ4n) is 9.16. The molecule has 1 spiro atoms. The van der Waals surface area contributed by atoms with E-state index < -0.39 is 5.41 Å². The highest BCUT2D eigenvalue weighted by atomic mass is 16.5. The summed E-state index contributed by atoms with van der Waals surface area (Å²) in [4.78, 5) is 10.4. The van der Waals surface area contributed by atoms with Crippen molar-refractivity contribution in [2.75, 3.05) is 0 Å². The summed E-state index contributed by atoms with van der Waals surface area (Å²) in [5.74, 6) is 2.37. The molecule has 0 saturated heterocycles. The van der Waals surface area contributed by atoms with Crippen LogP contribution in [0.2, 0.25) is 0 Å². The van der Waals surface area contributed by atoms with Crippen LogP contribution in [0.1, 0.15) is 38.9 Å². The van der Waals surface area contributed by atoms with Crippen LogP contribution < -0.4 is 4.74 Å². The fraction of sp³-hybridized carbons (Fsp3) is 0.0536. The van der Waals surface area contributed by atoms with Crippen molar-refractivity contribution >= 4 is 0 Å². The Morgan fingerprint density at radius 2 is 0.967 bits per heavy atom. The molecule has 2 aliphatic rings. The second-order valence-electron chi connectivity index (χ2n) is 15.8. The Morgan fingerprint density at radius 3 is 1.68 bits per heavy atom. The van der Waals surface area contributed by atoms with Crippen molar-refractivity contribution in [2.45, 2.75) is 19.3 Å². The van der Waals surface area contributed by atoms with Gasteiger partial charge < -0.3 is 4.74 Å². The first-order valence-electron chi connectivity index (χ1n) is 20.3. The fourth-order valence-corrected chi connectivity index (χ4v) is 9.16. The molecule has 4 nitrogen and oxygen atoms in total. The number of benzene rings is 8. The highest BCUT2D eigenvalue weighted by molar-refractivity contribution is 5.91. The number of fused-ring (bicyclic) bond motifs is 9. The van der Waals surface area contributed by atoms with Crippen molar-refractivity contribution in [3.05, 3.63) is 227 Å². The Bertz CT molecular complexity index is 3130. The van der Waals surface area contributed by atoms with Gasteiger partial charge in [-0.25, -0.2) is 9.97 Å². The summed E-state index contributed by atoms with van der Waals surface area (Å²) < 4.78 is 6.77. The third-order valence-corrected chi connectivity index (χ3v) is 12.2. The molecule has 1 aromatic heterocycles. The number of rotatable bonds is 5. The number of para-hydroxylation sites is 1. The molecule has 8 aromatic carbocycles. The largest absolute Gasteiger partial charge is 0.457 e. The molecule has 4 heteroatoms. The van der Waals surface area contributed by atoms with Gasteiger partial charge in [0.05, 0.1) is 28.4 Å². The van der Waals surface area contributed by atoms with Crippen LogP contribution in [-0.2, 0) is 5.41 Å². The van der Waals surface area contributed by atoms with Gasteiger partial charge in [0.25, 0.3) is 0 Å². The molecule has 0 saturated carbocycles. The normalized spacial score (nSPS) is 14.3. The van der Waals surface area contributed by atoms with Crippen molar-refractivity contribution < 1.29 is 4.74 Å². The molecule has 1 aliphatic heterocycles. The molecule has 1 atom stereocenters. The minimum atomic E-state index is -0.624. The quantitative estimate of drug-likeness (QED) is 0.175. The number of hydrogen-bond donors (Lipinski definition) is 0. The molecular formula is C56H37N3O. The van der Waals surface area contributed by atoms with Gasteiger partial charge in [-0.2, -0.15) is 5.26 Å². The number of aromatic nitrogens is 2. The van der Waals surface area contributed by atoms with Gasteiger partial charge in [-0.05, 0) is 107 Å². The van der Waals surface area contributed by atoms with Gasteiger partial charge in [-0.1, -0.05) is 151 Å². The lowest BCUT2D eigenvalue weighted by molar-refractivity contribution is 0.436. The predicted octanol–water partition coefficient (Wildman–Crippen LogP) is 13.8. The minimum absolute atomic E-state index is 0.624. The molecule has 0 radical (unpaired) electrons. The summed E-state index contributed by atoms with van der Waals surface area (Å²) in [6.45, 7) is 4.20. The van der Waals surface area contributed by atoms with Crippen LogP contribution in [0.15, 0.2) is 188 Å². The van der Waals surface area contributed by atoms with Crippen LogP contribution in [0, 0.1) is 25.2 Å².